The number of nitrogens with one attached hydrogen (secondary N) is 2. The van der Waals surface area contributed by atoms with E-state index >= 15 is 0 Å². The van der Waals surface area contributed by atoms with Gasteiger partial charge >= 0.3 is 0 Å². The summed E-state index contributed by atoms with van der Waals surface area (Å²) in [7, 11) is 1.90. The van der Waals surface area contributed by atoms with Crippen LogP contribution >= 0.6 is 23.2 Å². The van der Waals surface area contributed by atoms with E-state index in [2.05, 4.69) is 20.7 Å². The van der Waals surface area contributed by atoms with Crippen molar-refractivity contribution in [3.63, 3.8) is 0 Å². The van der Waals surface area contributed by atoms with Gasteiger partial charge in [0.25, 0.3) is 0 Å². The first-order valence-corrected chi connectivity index (χ1v) is 6.64. The van der Waals surface area contributed by atoms with E-state index in [9.17, 15) is 0 Å². The molecule has 2 N–H and O–H groups in total. The number of aryl methyl sites for hydroxylation is 1. The molecule has 0 saturated heterocycles. The lowest BCUT2D eigenvalue weighted by Gasteiger charge is -2.08. The summed E-state index contributed by atoms with van der Waals surface area (Å²) in [5.41, 5.74) is 1.16. The molecule has 2 heterocycles. The van der Waals surface area contributed by atoms with E-state index in [1.54, 1.807) is 16.9 Å². The maximum Gasteiger partial charge on any atom is 0.144 e. The average Bonchev–Trinajstić information content (AvgIpc) is 2.77. The van der Waals surface area contributed by atoms with E-state index in [1.807, 2.05) is 19.4 Å². The fraction of sp³-hybridized carbons (Fsp3) is 0.333. The first-order valence-electron chi connectivity index (χ1n) is 5.88. The minimum atomic E-state index is 0.528. The molecular weight excluding hydrogens is 285 g/mol. The van der Waals surface area contributed by atoms with Crippen molar-refractivity contribution in [2.45, 2.75) is 6.54 Å². The average molecular weight is 300 g/mol. The van der Waals surface area contributed by atoms with Crippen molar-refractivity contribution in [2.75, 3.05) is 18.4 Å². The van der Waals surface area contributed by atoms with Crippen LogP contribution in [0.25, 0.3) is 0 Å². The molecule has 0 aliphatic heterocycles. The van der Waals surface area contributed by atoms with Crippen molar-refractivity contribution in [1.29, 1.82) is 0 Å². The predicted octanol–water partition coefficient (Wildman–Crippen LogP) is 2.32. The first-order chi connectivity index (χ1) is 9.15. The molecule has 0 amide bonds. The third kappa shape index (κ3) is 4.38. The molecule has 0 aromatic carbocycles. The minimum Gasteiger partial charge on any atom is -0.368 e. The van der Waals surface area contributed by atoms with Crippen LogP contribution in [0.2, 0.25) is 10.0 Å². The van der Waals surface area contributed by atoms with Crippen molar-refractivity contribution in [3.05, 3.63) is 40.3 Å². The van der Waals surface area contributed by atoms with E-state index in [4.69, 9.17) is 23.2 Å². The molecule has 7 heteroatoms. The highest BCUT2D eigenvalue weighted by Gasteiger charge is 2.01. The van der Waals surface area contributed by atoms with Gasteiger partial charge in [-0.15, -0.1) is 0 Å². The van der Waals surface area contributed by atoms with Gasteiger partial charge < -0.3 is 10.6 Å². The van der Waals surface area contributed by atoms with Crippen LogP contribution in [0, 0.1) is 0 Å². The predicted molar refractivity (Wildman–Crippen MR) is 77.7 cm³/mol. The van der Waals surface area contributed by atoms with Gasteiger partial charge in [-0.2, -0.15) is 5.10 Å². The quantitative estimate of drug-likeness (QED) is 0.804. The van der Waals surface area contributed by atoms with Crippen molar-refractivity contribution in [2.24, 2.45) is 7.05 Å². The second-order valence-electron chi connectivity index (χ2n) is 4.11. The van der Waals surface area contributed by atoms with Gasteiger partial charge in [-0.3, -0.25) is 4.68 Å². The Hall–Kier alpha value is -1.30. The molecule has 0 unspecified atom stereocenters. The Morgan fingerprint density at radius 2 is 2.11 bits per heavy atom. The van der Waals surface area contributed by atoms with E-state index < -0.39 is 0 Å². The molecule has 102 valence electrons. The first kappa shape index (κ1) is 14.1. The molecule has 0 aliphatic rings. The minimum absolute atomic E-state index is 0.528. The summed E-state index contributed by atoms with van der Waals surface area (Å²) in [6.07, 6.45) is 5.40. The number of rotatable bonds is 6. The van der Waals surface area contributed by atoms with Crippen molar-refractivity contribution in [3.8, 4) is 0 Å². The molecule has 0 spiro atoms. The normalized spacial score (nSPS) is 10.7. The third-order valence-corrected chi connectivity index (χ3v) is 2.98. The van der Waals surface area contributed by atoms with Crippen LogP contribution in [0.15, 0.2) is 24.7 Å². The maximum atomic E-state index is 6.00. The number of anilines is 1. The molecule has 5 nitrogen and oxygen atoms in total. The standard InChI is InChI=1S/C12H15Cl2N5/c1-19-8-9(6-18-19)5-15-2-3-16-12-11(14)4-10(13)7-17-12/h4,6-8,15H,2-3,5H2,1H3,(H,16,17). The molecule has 19 heavy (non-hydrogen) atoms. The Bertz CT molecular complexity index is 541. The van der Waals surface area contributed by atoms with Gasteiger partial charge in [0, 0.05) is 44.6 Å². The molecule has 0 radical (unpaired) electrons. The molecule has 2 rings (SSSR count). The Labute approximate surface area is 121 Å². The Kier molecular flexibility index (Phi) is 5.01. The Morgan fingerprint density at radius 3 is 2.79 bits per heavy atom. The highest BCUT2D eigenvalue weighted by Crippen LogP contribution is 2.21. The summed E-state index contributed by atoms with van der Waals surface area (Å²) in [6.45, 7) is 2.32. The summed E-state index contributed by atoms with van der Waals surface area (Å²) in [6, 6.07) is 1.67. The summed E-state index contributed by atoms with van der Waals surface area (Å²) >= 11 is 11.8. The fourth-order valence-electron chi connectivity index (χ4n) is 1.61. The van der Waals surface area contributed by atoms with Crippen LogP contribution in [-0.4, -0.2) is 27.9 Å². The van der Waals surface area contributed by atoms with Crippen LogP contribution in [0.3, 0.4) is 0 Å². The van der Waals surface area contributed by atoms with Crippen molar-refractivity contribution in [1.82, 2.24) is 20.1 Å². The van der Waals surface area contributed by atoms with Crippen LogP contribution in [-0.2, 0) is 13.6 Å². The lowest BCUT2D eigenvalue weighted by atomic mass is 10.3. The second kappa shape index (κ2) is 6.75. The SMILES string of the molecule is Cn1cc(CNCCNc2ncc(Cl)cc2Cl)cn1. The maximum absolute atomic E-state index is 6.00. The lowest BCUT2D eigenvalue weighted by molar-refractivity contribution is 0.704. The molecule has 0 bridgehead atoms. The van der Waals surface area contributed by atoms with Gasteiger partial charge in [0.1, 0.15) is 5.82 Å². The van der Waals surface area contributed by atoms with E-state index in [0.717, 1.165) is 25.2 Å². The van der Waals surface area contributed by atoms with Gasteiger partial charge in [0.15, 0.2) is 0 Å². The second-order valence-corrected chi connectivity index (χ2v) is 4.95. The molecule has 2 aromatic rings. The Balaban J connectivity index is 1.69. The highest BCUT2D eigenvalue weighted by molar-refractivity contribution is 6.35. The summed E-state index contributed by atoms with van der Waals surface area (Å²) < 4.78 is 1.78. The highest BCUT2D eigenvalue weighted by atomic mass is 35.5. The summed E-state index contributed by atoms with van der Waals surface area (Å²) in [5.74, 6) is 0.647. The number of halogens is 2. The molecule has 2 aromatic heterocycles. The zero-order chi connectivity index (χ0) is 13.7. The largest absolute Gasteiger partial charge is 0.368 e. The van der Waals surface area contributed by atoms with E-state index in [0.29, 0.717) is 15.9 Å². The van der Waals surface area contributed by atoms with Crippen LogP contribution in [0.1, 0.15) is 5.56 Å². The smallest absolute Gasteiger partial charge is 0.144 e. The van der Waals surface area contributed by atoms with Gasteiger partial charge in [0.05, 0.1) is 16.2 Å². The van der Waals surface area contributed by atoms with Crippen molar-refractivity contribution < 1.29 is 0 Å². The van der Waals surface area contributed by atoms with Gasteiger partial charge in [-0.25, -0.2) is 4.98 Å². The molecule has 0 aliphatic carbocycles. The van der Waals surface area contributed by atoms with E-state index in [-0.39, 0.29) is 0 Å². The van der Waals surface area contributed by atoms with Gasteiger partial charge in [-0.1, -0.05) is 23.2 Å². The number of hydrogen-bond donors (Lipinski definition) is 2. The molecule has 0 atom stereocenters. The fourth-order valence-corrected chi connectivity index (χ4v) is 2.06. The zero-order valence-electron chi connectivity index (χ0n) is 10.5. The molecule has 0 fully saturated rings. The summed E-state index contributed by atoms with van der Waals surface area (Å²) in [5, 5.41) is 11.6. The monoisotopic (exact) mass is 299 g/mol. The molecular formula is C12H15Cl2N5. The summed E-state index contributed by atoms with van der Waals surface area (Å²) in [4.78, 5) is 4.12. The number of nitrogens with zero attached hydrogens (tertiary/aromatic N) is 3. The van der Waals surface area contributed by atoms with Gasteiger partial charge in [-0.05, 0) is 6.07 Å². The zero-order valence-corrected chi connectivity index (χ0v) is 12.0. The topological polar surface area (TPSA) is 54.8 Å². The van der Waals surface area contributed by atoms with Crippen LogP contribution in [0.5, 0.6) is 0 Å². The van der Waals surface area contributed by atoms with Crippen molar-refractivity contribution >= 4 is 29.0 Å². The molecule has 0 saturated carbocycles. The Morgan fingerprint density at radius 1 is 1.26 bits per heavy atom. The lowest BCUT2D eigenvalue weighted by Crippen LogP contribution is -2.22. The van der Waals surface area contributed by atoms with Gasteiger partial charge in [0.2, 0.25) is 0 Å². The third-order valence-electron chi connectivity index (χ3n) is 2.49. The van der Waals surface area contributed by atoms with Crippen LogP contribution in [0.4, 0.5) is 5.82 Å². The number of hydrogen-bond acceptors (Lipinski definition) is 4. The number of aromatic nitrogens is 3. The van der Waals surface area contributed by atoms with E-state index in [1.165, 1.54) is 0 Å². The van der Waals surface area contributed by atoms with Crippen LogP contribution < -0.4 is 10.6 Å². The number of pyridine rings is 1.